The molecule has 3 aromatic rings. The van der Waals surface area contributed by atoms with Gasteiger partial charge in [0.2, 0.25) is 0 Å². The second-order valence-corrected chi connectivity index (χ2v) is 4.43. The first-order chi connectivity index (χ1) is 10.3. The van der Waals surface area contributed by atoms with Gasteiger partial charge in [0.15, 0.2) is 0 Å². The van der Waals surface area contributed by atoms with Crippen LogP contribution >= 0.6 is 0 Å². The Balaban J connectivity index is 2.16. The third-order valence-electron chi connectivity index (χ3n) is 3.11. The number of ether oxygens (including phenoxy) is 1. The maximum atomic E-state index is 11.5. The second kappa shape index (κ2) is 5.58. The lowest BCUT2D eigenvalue weighted by Crippen LogP contribution is -2.14. The van der Waals surface area contributed by atoms with Gasteiger partial charge in [-0.3, -0.25) is 0 Å². The molecule has 3 rings (SSSR count). The van der Waals surface area contributed by atoms with Gasteiger partial charge in [-0.2, -0.15) is 10.1 Å². The lowest BCUT2D eigenvalue weighted by atomic mass is 10.0. The maximum Gasteiger partial charge on any atom is 0.361 e. The Hall–Kier alpha value is -2.95. The van der Waals surface area contributed by atoms with Crippen molar-refractivity contribution in [2.45, 2.75) is 0 Å². The highest BCUT2D eigenvalue weighted by atomic mass is 16.5. The largest absolute Gasteiger partial charge is 0.497 e. The molecular formula is C16H13N3O2. The summed E-state index contributed by atoms with van der Waals surface area (Å²) in [6.07, 6.45) is 0. The van der Waals surface area contributed by atoms with E-state index in [1.54, 1.807) is 7.11 Å². The van der Waals surface area contributed by atoms with Crippen LogP contribution in [-0.2, 0) is 0 Å². The van der Waals surface area contributed by atoms with Crippen molar-refractivity contribution in [1.29, 1.82) is 0 Å². The molecular weight excluding hydrogens is 266 g/mol. The van der Waals surface area contributed by atoms with Gasteiger partial charge in [-0.1, -0.05) is 30.3 Å². The van der Waals surface area contributed by atoms with Crippen LogP contribution in [0.4, 0.5) is 0 Å². The van der Waals surface area contributed by atoms with E-state index in [1.165, 1.54) is 0 Å². The maximum absolute atomic E-state index is 11.5. The molecule has 5 nitrogen and oxygen atoms in total. The molecule has 0 amide bonds. The van der Waals surface area contributed by atoms with Gasteiger partial charge in [0.05, 0.1) is 7.11 Å². The lowest BCUT2D eigenvalue weighted by Gasteiger charge is -2.07. The highest BCUT2D eigenvalue weighted by Crippen LogP contribution is 2.28. The predicted octanol–water partition coefficient (Wildman–Crippen LogP) is 2.51. The molecule has 0 saturated carbocycles. The molecule has 0 fully saturated rings. The third kappa shape index (κ3) is 2.67. The van der Waals surface area contributed by atoms with Gasteiger partial charge in [-0.05, 0) is 24.3 Å². The molecule has 0 unspecified atom stereocenters. The smallest absolute Gasteiger partial charge is 0.361 e. The summed E-state index contributed by atoms with van der Waals surface area (Å²) in [7, 11) is 1.62. The fraction of sp³-hybridized carbons (Fsp3) is 0.0625. The van der Waals surface area contributed by atoms with E-state index in [2.05, 4.69) is 15.2 Å². The number of benzene rings is 2. The average molecular weight is 279 g/mol. The van der Waals surface area contributed by atoms with Crippen LogP contribution in [0.2, 0.25) is 0 Å². The Bertz CT molecular complexity index is 796. The summed E-state index contributed by atoms with van der Waals surface area (Å²) in [5.74, 6) is 0.761. The van der Waals surface area contributed by atoms with E-state index in [0.29, 0.717) is 11.4 Å². The summed E-state index contributed by atoms with van der Waals surface area (Å²) < 4.78 is 5.15. The first-order valence-electron chi connectivity index (χ1n) is 6.44. The van der Waals surface area contributed by atoms with Gasteiger partial charge in [-0.25, -0.2) is 9.89 Å². The van der Waals surface area contributed by atoms with E-state index in [-0.39, 0.29) is 0 Å². The van der Waals surface area contributed by atoms with Gasteiger partial charge < -0.3 is 4.74 Å². The van der Waals surface area contributed by atoms with Crippen molar-refractivity contribution in [3.8, 4) is 28.3 Å². The van der Waals surface area contributed by atoms with Crippen LogP contribution in [-0.4, -0.2) is 22.3 Å². The Labute approximate surface area is 121 Å². The molecule has 0 radical (unpaired) electrons. The van der Waals surface area contributed by atoms with Crippen molar-refractivity contribution in [3.63, 3.8) is 0 Å². The van der Waals surface area contributed by atoms with E-state index in [1.807, 2.05) is 54.6 Å². The molecule has 0 saturated heterocycles. The lowest BCUT2D eigenvalue weighted by molar-refractivity contribution is 0.415. The number of aromatic nitrogens is 3. The Morgan fingerprint density at radius 1 is 0.905 bits per heavy atom. The van der Waals surface area contributed by atoms with Crippen LogP contribution < -0.4 is 10.4 Å². The van der Waals surface area contributed by atoms with Crippen LogP contribution in [0.15, 0.2) is 59.4 Å². The molecule has 2 aromatic carbocycles. The normalized spacial score (nSPS) is 10.3. The van der Waals surface area contributed by atoms with Crippen molar-refractivity contribution in [1.82, 2.24) is 15.2 Å². The molecule has 104 valence electrons. The van der Waals surface area contributed by atoms with Crippen molar-refractivity contribution in [2.75, 3.05) is 7.11 Å². The standard InChI is InChI=1S/C16H13N3O2/c1-21-13-9-7-12(8-10-13)15-14(17-16(20)19-18-15)11-5-3-2-4-6-11/h2-10H,1H3,(H,17,19,20). The van der Waals surface area contributed by atoms with E-state index in [0.717, 1.165) is 16.9 Å². The SMILES string of the molecule is COc1ccc(-c2n[nH]c(=O)nc2-c2ccccc2)cc1. The van der Waals surface area contributed by atoms with Crippen LogP contribution in [0.25, 0.3) is 22.5 Å². The molecule has 1 N–H and O–H groups in total. The summed E-state index contributed by atoms with van der Waals surface area (Å²) in [5, 5.41) is 6.53. The summed E-state index contributed by atoms with van der Waals surface area (Å²) >= 11 is 0. The van der Waals surface area contributed by atoms with Gasteiger partial charge >= 0.3 is 5.69 Å². The molecule has 5 heteroatoms. The highest BCUT2D eigenvalue weighted by molar-refractivity contribution is 5.77. The Kier molecular flexibility index (Phi) is 3.47. The van der Waals surface area contributed by atoms with Crippen LogP contribution in [0, 0.1) is 0 Å². The number of H-pyrrole nitrogens is 1. The second-order valence-electron chi connectivity index (χ2n) is 4.43. The first-order valence-corrected chi connectivity index (χ1v) is 6.44. The van der Waals surface area contributed by atoms with Crippen LogP contribution in [0.5, 0.6) is 5.75 Å². The zero-order chi connectivity index (χ0) is 14.7. The molecule has 1 aromatic heterocycles. The summed E-state index contributed by atoms with van der Waals surface area (Å²) in [6, 6.07) is 17.0. The first kappa shape index (κ1) is 13.1. The van der Waals surface area contributed by atoms with Crippen molar-refractivity contribution in [3.05, 3.63) is 65.1 Å². The third-order valence-corrected chi connectivity index (χ3v) is 3.11. The Morgan fingerprint density at radius 3 is 2.24 bits per heavy atom. The molecule has 0 aliphatic carbocycles. The van der Waals surface area contributed by atoms with E-state index >= 15 is 0 Å². The van der Waals surface area contributed by atoms with Gasteiger partial charge in [0.25, 0.3) is 0 Å². The zero-order valence-corrected chi connectivity index (χ0v) is 11.4. The molecule has 0 aliphatic heterocycles. The van der Waals surface area contributed by atoms with E-state index in [9.17, 15) is 4.79 Å². The zero-order valence-electron chi connectivity index (χ0n) is 11.4. The predicted molar refractivity (Wildman–Crippen MR) is 80.1 cm³/mol. The molecule has 0 spiro atoms. The quantitative estimate of drug-likeness (QED) is 0.800. The molecule has 1 heterocycles. The summed E-state index contributed by atoms with van der Waals surface area (Å²) in [6.45, 7) is 0. The topological polar surface area (TPSA) is 67.9 Å². The van der Waals surface area contributed by atoms with Gasteiger partial charge in [0.1, 0.15) is 17.1 Å². The number of methoxy groups -OCH3 is 1. The van der Waals surface area contributed by atoms with E-state index in [4.69, 9.17) is 4.74 Å². The van der Waals surface area contributed by atoms with Gasteiger partial charge in [-0.15, -0.1) is 0 Å². The van der Waals surface area contributed by atoms with Gasteiger partial charge in [0, 0.05) is 11.1 Å². The Morgan fingerprint density at radius 2 is 1.57 bits per heavy atom. The van der Waals surface area contributed by atoms with Crippen LogP contribution in [0.1, 0.15) is 0 Å². The number of aromatic amines is 1. The summed E-state index contributed by atoms with van der Waals surface area (Å²) in [4.78, 5) is 15.6. The number of hydrogen-bond donors (Lipinski definition) is 1. The fourth-order valence-corrected chi connectivity index (χ4v) is 2.08. The van der Waals surface area contributed by atoms with Crippen LogP contribution in [0.3, 0.4) is 0 Å². The summed E-state index contributed by atoms with van der Waals surface area (Å²) in [5.41, 5.74) is 2.43. The number of nitrogens with one attached hydrogen (secondary N) is 1. The van der Waals surface area contributed by atoms with Crippen molar-refractivity contribution >= 4 is 0 Å². The molecule has 0 aliphatic rings. The van der Waals surface area contributed by atoms with Crippen molar-refractivity contribution in [2.24, 2.45) is 0 Å². The number of rotatable bonds is 3. The monoisotopic (exact) mass is 279 g/mol. The average Bonchev–Trinajstić information content (AvgIpc) is 2.56. The number of nitrogens with zero attached hydrogens (tertiary/aromatic N) is 2. The minimum absolute atomic E-state index is 0.467. The van der Waals surface area contributed by atoms with E-state index < -0.39 is 5.69 Å². The van der Waals surface area contributed by atoms with Crippen molar-refractivity contribution < 1.29 is 4.74 Å². The minimum Gasteiger partial charge on any atom is -0.497 e. The molecule has 21 heavy (non-hydrogen) atoms. The number of hydrogen-bond acceptors (Lipinski definition) is 4. The fourth-order valence-electron chi connectivity index (χ4n) is 2.08. The minimum atomic E-state index is -0.467. The molecule has 0 atom stereocenters. The highest BCUT2D eigenvalue weighted by Gasteiger charge is 2.11. The molecule has 0 bridgehead atoms.